The van der Waals surface area contributed by atoms with Crippen molar-refractivity contribution in [3.05, 3.63) is 35.4 Å². The smallest absolute Gasteiger partial charge is 0.254 e. The van der Waals surface area contributed by atoms with Crippen LogP contribution in [0, 0.1) is 5.92 Å². The highest BCUT2D eigenvalue weighted by Gasteiger charge is 2.39. The lowest BCUT2D eigenvalue weighted by molar-refractivity contribution is -0.0383. The van der Waals surface area contributed by atoms with Crippen molar-refractivity contribution in [2.24, 2.45) is 5.92 Å². The maximum Gasteiger partial charge on any atom is 0.254 e. The van der Waals surface area contributed by atoms with Gasteiger partial charge >= 0.3 is 0 Å². The van der Waals surface area contributed by atoms with Crippen LogP contribution in [0.2, 0.25) is 0 Å². The van der Waals surface area contributed by atoms with Crippen LogP contribution in [-0.4, -0.2) is 66.8 Å². The third kappa shape index (κ3) is 3.79. The number of morpholine rings is 1. The lowest BCUT2D eigenvalue weighted by atomic mass is 9.93. The molecular weight excluding hydrogens is 304 g/mol. The molecule has 1 heterocycles. The standard InChI is InChI=1S/C19H28N2O3/c1-20(2)12-14-5-3-6-15(11-14)19(23)21-9-10-24-13-17(21)16-7-4-8-18(16)22/h3,5-6,11,16-18,22H,4,7-10,12-13H2,1-2H3/t16-,17+,18-/m0/s1. The summed E-state index contributed by atoms with van der Waals surface area (Å²) in [6, 6.07) is 7.86. The summed E-state index contributed by atoms with van der Waals surface area (Å²) in [5, 5.41) is 10.3. The van der Waals surface area contributed by atoms with Crippen LogP contribution in [0.5, 0.6) is 0 Å². The largest absolute Gasteiger partial charge is 0.393 e. The fourth-order valence-electron chi connectivity index (χ4n) is 3.98. The first-order chi connectivity index (χ1) is 11.6. The first kappa shape index (κ1) is 17.4. The summed E-state index contributed by atoms with van der Waals surface area (Å²) in [5.41, 5.74) is 1.87. The normalized spacial score (nSPS) is 27.7. The second-order valence-corrected chi connectivity index (χ2v) is 7.24. The summed E-state index contributed by atoms with van der Waals surface area (Å²) < 4.78 is 5.62. The summed E-state index contributed by atoms with van der Waals surface area (Å²) in [6.45, 7) is 2.52. The molecule has 1 amide bonds. The Balaban J connectivity index is 1.79. The minimum Gasteiger partial charge on any atom is -0.393 e. The fourth-order valence-corrected chi connectivity index (χ4v) is 3.98. The number of carbonyl (C=O) groups is 1. The van der Waals surface area contributed by atoms with E-state index in [1.165, 1.54) is 0 Å². The molecule has 1 aromatic carbocycles. The zero-order chi connectivity index (χ0) is 17.1. The molecule has 0 unspecified atom stereocenters. The second-order valence-electron chi connectivity index (χ2n) is 7.24. The molecule has 1 aliphatic carbocycles. The average molecular weight is 332 g/mol. The van der Waals surface area contributed by atoms with Crippen molar-refractivity contribution >= 4 is 5.91 Å². The topological polar surface area (TPSA) is 53.0 Å². The van der Waals surface area contributed by atoms with E-state index < -0.39 is 0 Å². The highest BCUT2D eigenvalue weighted by molar-refractivity contribution is 5.94. The van der Waals surface area contributed by atoms with Gasteiger partial charge in [0.1, 0.15) is 0 Å². The summed E-state index contributed by atoms with van der Waals surface area (Å²) in [4.78, 5) is 17.1. The quantitative estimate of drug-likeness (QED) is 0.913. The summed E-state index contributed by atoms with van der Waals surface area (Å²) in [7, 11) is 4.04. The first-order valence-electron chi connectivity index (χ1n) is 8.86. The Kier molecular flexibility index (Phi) is 5.54. The lowest BCUT2D eigenvalue weighted by Gasteiger charge is -2.40. The number of ether oxygens (including phenoxy) is 1. The highest BCUT2D eigenvalue weighted by atomic mass is 16.5. The fraction of sp³-hybridized carbons (Fsp3) is 0.632. The second kappa shape index (κ2) is 7.64. The Labute approximate surface area is 144 Å². The third-order valence-corrected chi connectivity index (χ3v) is 5.12. The van der Waals surface area contributed by atoms with Gasteiger partial charge in [-0.3, -0.25) is 4.79 Å². The summed E-state index contributed by atoms with van der Waals surface area (Å²) in [5.74, 6) is 0.196. The molecule has 5 heteroatoms. The van der Waals surface area contributed by atoms with Gasteiger partial charge < -0.3 is 19.6 Å². The van der Waals surface area contributed by atoms with E-state index in [1.54, 1.807) is 0 Å². The van der Waals surface area contributed by atoms with Gasteiger partial charge in [-0.25, -0.2) is 0 Å². The Morgan fingerprint density at radius 1 is 1.38 bits per heavy atom. The van der Waals surface area contributed by atoms with Crippen LogP contribution in [0.4, 0.5) is 0 Å². The van der Waals surface area contributed by atoms with Gasteiger partial charge in [-0.1, -0.05) is 18.6 Å². The van der Waals surface area contributed by atoms with Gasteiger partial charge in [-0.2, -0.15) is 0 Å². The molecule has 3 atom stereocenters. The first-order valence-corrected chi connectivity index (χ1v) is 8.86. The van der Waals surface area contributed by atoms with Crippen molar-refractivity contribution in [2.75, 3.05) is 33.9 Å². The van der Waals surface area contributed by atoms with E-state index in [0.29, 0.717) is 19.8 Å². The third-order valence-electron chi connectivity index (χ3n) is 5.12. The molecule has 0 bridgehead atoms. The van der Waals surface area contributed by atoms with Crippen LogP contribution in [0.15, 0.2) is 24.3 Å². The van der Waals surface area contributed by atoms with Crippen LogP contribution in [0.25, 0.3) is 0 Å². The Morgan fingerprint density at radius 3 is 2.92 bits per heavy atom. The number of aliphatic hydroxyl groups is 1. The maximum absolute atomic E-state index is 13.1. The average Bonchev–Trinajstić information content (AvgIpc) is 3.00. The van der Waals surface area contributed by atoms with E-state index in [2.05, 4.69) is 4.90 Å². The van der Waals surface area contributed by atoms with Crippen LogP contribution < -0.4 is 0 Å². The molecule has 0 spiro atoms. The van der Waals surface area contributed by atoms with E-state index in [0.717, 1.165) is 36.9 Å². The lowest BCUT2D eigenvalue weighted by Crippen LogP contribution is -2.53. The van der Waals surface area contributed by atoms with Crippen LogP contribution in [-0.2, 0) is 11.3 Å². The molecule has 3 rings (SSSR count). The molecule has 1 saturated carbocycles. The van der Waals surface area contributed by atoms with Gasteiger partial charge in [0.05, 0.1) is 25.4 Å². The number of hydrogen-bond acceptors (Lipinski definition) is 4. The van der Waals surface area contributed by atoms with E-state index >= 15 is 0 Å². The van der Waals surface area contributed by atoms with E-state index in [1.807, 2.05) is 43.3 Å². The number of hydrogen-bond donors (Lipinski definition) is 1. The van der Waals surface area contributed by atoms with E-state index in [-0.39, 0.29) is 24.0 Å². The number of benzene rings is 1. The highest BCUT2D eigenvalue weighted by Crippen LogP contribution is 2.32. The van der Waals surface area contributed by atoms with E-state index in [9.17, 15) is 9.90 Å². The van der Waals surface area contributed by atoms with Crippen molar-refractivity contribution in [3.8, 4) is 0 Å². The maximum atomic E-state index is 13.1. The zero-order valence-corrected chi connectivity index (χ0v) is 14.6. The number of amides is 1. The van der Waals surface area contributed by atoms with Crippen molar-refractivity contribution in [2.45, 2.75) is 38.0 Å². The summed E-state index contributed by atoms with van der Waals surface area (Å²) >= 11 is 0. The van der Waals surface area contributed by atoms with Crippen LogP contribution in [0.1, 0.15) is 35.2 Å². The van der Waals surface area contributed by atoms with Gasteiger partial charge in [-0.15, -0.1) is 0 Å². The van der Waals surface area contributed by atoms with E-state index in [4.69, 9.17) is 4.74 Å². The van der Waals surface area contributed by atoms with Crippen molar-refractivity contribution in [3.63, 3.8) is 0 Å². The number of nitrogens with zero attached hydrogens (tertiary/aromatic N) is 2. The molecule has 24 heavy (non-hydrogen) atoms. The van der Waals surface area contributed by atoms with Crippen molar-refractivity contribution in [1.82, 2.24) is 9.80 Å². The number of carbonyl (C=O) groups excluding carboxylic acids is 1. The predicted molar refractivity (Wildman–Crippen MR) is 92.8 cm³/mol. The molecule has 1 saturated heterocycles. The molecule has 132 valence electrons. The molecule has 1 N–H and O–H groups in total. The minimum absolute atomic E-state index is 0.0127. The van der Waals surface area contributed by atoms with Gasteiger partial charge in [0, 0.05) is 24.6 Å². The SMILES string of the molecule is CN(C)Cc1cccc(C(=O)N2CCOC[C@@H]2[C@@H]2CCC[C@@H]2O)c1. The van der Waals surface area contributed by atoms with Gasteiger partial charge in [-0.05, 0) is 44.6 Å². The van der Waals surface area contributed by atoms with Gasteiger partial charge in [0.15, 0.2) is 0 Å². The zero-order valence-electron chi connectivity index (χ0n) is 14.6. The Bertz CT molecular complexity index is 575. The van der Waals surface area contributed by atoms with Gasteiger partial charge in [0.2, 0.25) is 0 Å². The molecule has 5 nitrogen and oxygen atoms in total. The molecule has 2 fully saturated rings. The number of aliphatic hydroxyl groups excluding tert-OH is 1. The van der Waals surface area contributed by atoms with Crippen molar-refractivity contribution in [1.29, 1.82) is 0 Å². The van der Waals surface area contributed by atoms with Crippen molar-refractivity contribution < 1.29 is 14.6 Å². The molecule has 0 radical (unpaired) electrons. The molecule has 1 aromatic rings. The minimum atomic E-state index is -0.313. The molecular formula is C19H28N2O3. The van der Waals surface area contributed by atoms with Crippen LogP contribution in [0.3, 0.4) is 0 Å². The van der Waals surface area contributed by atoms with Gasteiger partial charge in [0.25, 0.3) is 5.91 Å². The Morgan fingerprint density at radius 2 is 2.21 bits per heavy atom. The molecule has 1 aliphatic heterocycles. The Hall–Kier alpha value is -1.43. The molecule has 2 aliphatic rings. The monoisotopic (exact) mass is 332 g/mol. The van der Waals surface area contributed by atoms with Crippen LogP contribution >= 0.6 is 0 Å². The number of rotatable bonds is 4. The summed E-state index contributed by atoms with van der Waals surface area (Å²) in [6.07, 6.45) is 2.52. The predicted octanol–water partition coefficient (Wildman–Crippen LogP) is 1.75. The molecule has 0 aromatic heterocycles.